The van der Waals surface area contributed by atoms with Crippen LogP contribution in [-0.4, -0.2) is 16.5 Å². The Morgan fingerprint density at radius 1 is 1.35 bits per heavy atom. The van der Waals surface area contributed by atoms with Crippen molar-refractivity contribution in [2.24, 2.45) is 5.73 Å². The predicted octanol–water partition coefficient (Wildman–Crippen LogP) is 1.64. The molecule has 0 spiro atoms. The number of carbonyl (C=O) groups is 2. The Morgan fingerprint density at radius 2 is 1.96 bits per heavy atom. The van der Waals surface area contributed by atoms with Gasteiger partial charge in [-0.15, -0.1) is 11.3 Å². The van der Waals surface area contributed by atoms with Gasteiger partial charge >= 0.3 is 0 Å². The minimum Gasteiger partial charge on any atom is -0.365 e. The average Bonchev–Trinajstić information content (AvgIpc) is 3.00. The first-order chi connectivity index (χ1) is 10.8. The minimum atomic E-state index is -0.632. The fraction of sp³-hybridized carbons (Fsp3) is 0.143. The first kappa shape index (κ1) is 16.9. The molecule has 0 aliphatic heterocycles. The van der Waals surface area contributed by atoms with Crippen molar-refractivity contribution in [2.45, 2.75) is 13.8 Å². The Labute approximate surface area is 143 Å². The van der Waals surface area contributed by atoms with Crippen molar-refractivity contribution < 1.29 is 9.59 Å². The van der Waals surface area contributed by atoms with Gasteiger partial charge in [0.15, 0.2) is 0 Å². The summed E-state index contributed by atoms with van der Waals surface area (Å²) in [6, 6.07) is 4.70. The van der Waals surface area contributed by atoms with Crippen LogP contribution in [0.2, 0.25) is 0 Å². The molecule has 0 unspecified atom stereocenters. The molecular formula is C14H11BrN4O3S. The molecule has 0 aliphatic carbocycles. The predicted molar refractivity (Wildman–Crippen MR) is 89.1 cm³/mol. The zero-order valence-corrected chi connectivity index (χ0v) is 14.5. The summed E-state index contributed by atoms with van der Waals surface area (Å²) in [5.74, 6) is -1.21. The van der Waals surface area contributed by atoms with E-state index in [-0.39, 0.29) is 15.3 Å². The number of amides is 2. The van der Waals surface area contributed by atoms with Crippen LogP contribution in [0.15, 0.2) is 21.4 Å². The number of aromatic nitrogens is 1. The molecule has 0 aliphatic rings. The zero-order valence-electron chi connectivity index (χ0n) is 12.1. The zero-order chi connectivity index (χ0) is 17.3. The van der Waals surface area contributed by atoms with Crippen molar-refractivity contribution in [3.05, 3.63) is 53.5 Å². The molecule has 0 saturated heterocycles. The van der Waals surface area contributed by atoms with Crippen molar-refractivity contribution in [3.63, 3.8) is 0 Å². The standard InChI is InChI=1S/C14H11BrN4O3S/c1-6-8(5-16)14(22)19(7(2)11(6)15)18-13(21)10-4-3-9(23-10)12(17)20/h3-4H,1-2H3,(H2,17,20)(H,18,21). The third kappa shape index (κ3) is 3.04. The first-order valence-electron chi connectivity index (χ1n) is 6.30. The highest BCUT2D eigenvalue weighted by atomic mass is 79.9. The highest BCUT2D eigenvalue weighted by Crippen LogP contribution is 2.21. The van der Waals surface area contributed by atoms with Crippen molar-refractivity contribution in [3.8, 4) is 6.07 Å². The minimum absolute atomic E-state index is 0.0632. The lowest BCUT2D eigenvalue weighted by Gasteiger charge is -2.14. The number of nitrogens with two attached hydrogens (primary N) is 1. The number of primary amides is 1. The molecule has 118 valence electrons. The number of thiophene rings is 1. The lowest BCUT2D eigenvalue weighted by molar-refractivity contribution is 0.0999. The summed E-state index contributed by atoms with van der Waals surface area (Å²) in [5, 5.41) is 9.11. The number of halogens is 1. The molecule has 2 aromatic rings. The van der Waals surface area contributed by atoms with Crippen LogP contribution in [0.25, 0.3) is 0 Å². The Balaban J connectivity index is 2.46. The van der Waals surface area contributed by atoms with E-state index in [1.54, 1.807) is 13.8 Å². The van der Waals surface area contributed by atoms with Crippen molar-refractivity contribution in [2.75, 3.05) is 5.43 Å². The van der Waals surface area contributed by atoms with Gasteiger partial charge in [0.25, 0.3) is 17.4 Å². The van der Waals surface area contributed by atoms with Crippen LogP contribution in [0.3, 0.4) is 0 Å². The molecule has 2 rings (SSSR count). The molecule has 2 aromatic heterocycles. The van der Waals surface area contributed by atoms with Gasteiger partial charge in [0.1, 0.15) is 11.6 Å². The van der Waals surface area contributed by atoms with Gasteiger partial charge in [-0.25, -0.2) is 4.68 Å². The van der Waals surface area contributed by atoms with Crippen LogP contribution in [0, 0.1) is 25.2 Å². The molecule has 9 heteroatoms. The highest BCUT2D eigenvalue weighted by molar-refractivity contribution is 9.10. The summed E-state index contributed by atoms with van der Waals surface area (Å²) < 4.78 is 1.56. The van der Waals surface area contributed by atoms with Crippen LogP contribution in [-0.2, 0) is 0 Å². The summed E-state index contributed by atoms with van der Waals surface area (Å²) in [5.41, 5.74) is 7.85. The second-order valence-corrected chi connectivity index (χ2v) is 6.50. The fourth-order valence-corrected chi connectivity index (χ4v) is 3.04. The number of pyridine rings is 1. The number of nitrogens with one attached hydrogen (secondary N) is 1. The van der Waals surface area contributed by atoms with Crippen LogP contribution in [0.4, 0.5) is 0 Å². The quantitative estimate of drug-likeness (QED) is 0.822. The maximum absolute atomic E-state index is 12.3. The molecule has 0 atom stereocenters. The largest absolute Gasteiger partial charge is 0.365 e. The van der Waals surface area contributed by atoms with Crippen LogP contribution >= 0.6 is 27.3 Å². The molecule has 23 heavy (non-hydrogen) atoms. The molecule has 2 amide bonds. The summed E-state index contributed by atoms with van der Waals surface area (Å²) in [7, 11) is 0. The summed E-state index contributed by atoms with van der Waals surface area (Å²) in [6.07, 6.45) is 0. The summed E-state index contributed by atoms with van der Waals surface area (Å²) >= 11 is 4.22. The molecule has 0 saturated carbocycles. The van der Waals surface area contributed by atoms with E-state index in [0.29, 0.717) is 15.7 Å². The Hall–Kier alpha value is -2.44. The number of nitrogens with zero attached hydrogens (tertiary/aromatic N) is 2. The van der Waals surface area contributed by atoms with E-state index in [4.69, 9.17) is 11.0 Å². The van der Waals surface area contributed by atoms with Crippen molar-refractivity contribution >= 4 is 39.1 Å². The first-order valence-corrected chi connectivity index (χ1v) is 7.91. The molecule has 2 heterocycles. The highest BCUT2D eigenvalue weighted by Gasteiger charge is 2.18. The average molecular weight is 395 g/mol. The van der Waals surface area contributed by atoms with Crippen LogP contribution < -0.4 is 16.7 Å². The van der Waals surface area contributed by atoms with E-state index in [1.165, 1.54) is 12.1 Å². The second-order valence-electron chi connectivity index (χ2n) is 4.62. The maximum Gasteiger partial charge on any atom is 0.287 e. The summed E-state index contributed by atoms with van der Waals surface area (Å²) in [6.45, 7) is 3.27. The summed E-state index contributed by atoms with van der Waals surface area (Å²) in [4.78, 5) is 36.1. The van der Waals surface area contributed by atoms with Gasteiger partial charge in [0.05, 0.1) is 15.4 Å². The third-order valence-electron chi connectivity index (χ3n) is 3.17. The van der Waals surface area contributed by atoms with Gasteiger partial charge in [-0.3, -0.25) is 19.8 Å². The van der Waals surface area contributed by atoms with Crippen LogP contribution in [0.5, 0.6) is 0 Å². The lowest BCUT2D eigenvalue weighted by atomic mass is 10.1. The molecule has 3 N–H and O–H groups in total. The van der Waals surface area contributed by atoms with Gasteiger partial charge in [0.2, 0.25) is 0 Å². The molecule has 7 nitrogen and oxygen atoms in total. The smallest absolute Gasteiger partial charge is 0.287 e. The SMILES string of the molecule is Cc1c(Br)c(C)n(NC(=O)c2ccc(C(N)=O)s2)c(=O)c1C#N. The lowest BCUT2D eigenvalue weighted by Crippen LogP contribution is -2.36. The van der Waals surface area contributed by atoms with Crippen molar-refractivity contribution in [1.82, 2.24) is 4.68 Å². The third-order valence-corrected chi connectivity index (χ3v) is 5.44. The monoisotopic (exact) mass is 394 g/mol. The molecule has 0 bridgehead atoms. The normalized spacial score (nSPS) is 10.2. The molecular weight excluding hydrogens is 384 g/mol. The topological polar surface area (TPSA) is 118 Å². The number of hydrogen-bond acceptors (Lipinski definition) is 5. The van der Waals surface area contributed by atoms with E-state index >= 15 is 0 Å². The van der Waals surface area contributed by atoms with Gasteiger partial charge < -0.3 is 5.73 Å². The fourth-order valence-electron chi connectivity index (χ4n) is 1.92. The Bertz CT molecular complexity index is 923. The Kier molecular flexibility index (Phi) is 4.68. The molecule has 0 radical (unpaired) electrons. The van der Waals surface area contributed by atoms with E-state index in [9.17, 15) is 14.4 Å². The molecule has 0 aromatic carbocycles. The number of rotatable bonds is 3. The van der Waals surface area contributed by atoms with Gasteiger partial charge in [-0.1, -0.05) is 0 Å². The van der Waals surface area contributed by atoms with Crippen LogP contribution in [0.1, 0.15) is 36.2 Å². The van der Waals surface area contributed by atoms with E-state index in [0.717, 1.165) is 16.0 Å². The maximum atomic E-state index is 12.3. The van der Waals surface area contributed by atoms with Gasteiger partial charge in [-0.2, -0.15) is 5.26 Å². The van der Waals surface area contributed by atoms with E-state index in [1.807, 2.05) is 6.07 Å². The number of carbonyl (C=O) groups excluding carboxylic acids is 2. The number of nitriles is 1. The Morgan fingerprint density at radius 3 is 2.48 bits per heavy atom. The van der Waals surface area contributed by atoms with E-state index < -0.39 is 17.4 Å². The van der Waals surface area contributed by atoms with Crippen molar-refractivity contribution in [1.29, 1.82) is 5.26 Å². The number of hydrogen-bond donors (Lipinski definition) is 2. The van der Waals surface area contributed by atoms with Gasteiger partial charge in [-0.05, 0) is 47.5 Å². The second kappa shape index (κ2) is 6.36. The van der Waals surface area contributed by atoms with Gasteiger partial charge in [0, 0.05) is 4.47 Å². The van der Waals surface area contributed by atoms with E-state index in [2.05, 4.69) is 21.4 Å². The molecule has 0 fully saturated rings.